The molecule has 1 aliphatic heterocycles. The molecule has 0 atom stereocenters. The zero-order chi connectivity index (χ0) is 16.6. The quantitative estimate of drug-likeness (QED) is 0.812. The molecule has 0 spiro atoms. The van der Waals surface area contributed by atoms with Gasteiger partial charge in [0.2, 0.25) is 0 Å². The highest BCUT2D eigenvalue weighted by Crippen LogP contribution is 2.23. The molecule has 0 bridgehead atoms. The van der Waals surface area contributed by atoms with E-state index in [1.807, 2.05) is 32.9 Å². The molecule has 0 radical (unpaired) electrons. The zero-order valence-corrected chi connectivity index (χ0v) is 14.0. The van der Waals surface area contributed by atoms with Crippen molar-refractivity contribution in [1.82, 2.24) is 19.7 Å². The maximum Gasteiger partial charge on any atom is 0.410 e. The first-order chi connectivity index (χ1) is 10.8. The summed E-state index contributed by atoms with van der Waals surface area (Å²) in [5.74, 6) is 1.64. The number of aromatic nitrogens is 3. The van der Waals surface area contributed by atoms with Gasteiger partial charge in [-0.2, -0.15) is 0 Å². The lowest BCUT2D eigenvalue weighted by Crippen LogP contribution is -2.41. The monoisotopic (exact) mass is 314 g/mol. The van der Waals surface area contributed by atoms with Crippen molar-refractivity contribution >= 4 is 6.09 Å². The van der Waals surface area contributed by atoms with E-state index in [2.05, 4.69) is 33.8 Å². The van der Waals surface area contributed by atoms with Crippen molar-refractivity contribution in [3.8, 4) is 11.4 Å². The van der Waals surface area contributed by atoms with Crippen molar-refractivity contribution in [3.05, 3.63) is 35.7 Å². The highest BCUT2D eigenvalue weighted by atomic mass is 16.6. The summed E-state index contributed by atoms with van der Waals surface area (Å²) in [6.45, 7) is 9.35. The van der Waals surface area contributed by atoms with Crippen molar-refractivity contribution in [3.63, 3.8) is 0 Å². The Balaban J connectivity index is 1.80. The lowest BCUT2D eigenvalue weighted by atomic mass is 10.1. The van der Waals surface area contributed by atoms with Crippen LogP contribution in [0.25, 0.3) is 11.4 Å². The van der Waals surface area contributed by atoms with Crippen LogP contribution in [-0.2, 0) is 17.8 Å². The Morgan fingerprint density at radius 1 is 1.22 bits per heavy atom. The first kappa shape index (κ1) is 15.5. The fraction of sp³-hybridized carbons (Fsp3) is 0.471. The van der Waals surface area contributed by atoms with Crippen LogP contribution in [0.15, 0.2) is 24.3 Å². The number of ether oxygens (including phenoxy) is 1. The Kier molecular flexibility index (Phi) is 3.83. The van der Waals surface area contributed by atoms with E-state index in [4.69, 9.17) is 4.74 Å². The molecule has 2 heterocycles. The molecule has 6 heteroatoms. The van der Waals surface area contributed by atoms with E-state index in [0.717, 1.165) is 17.2 Å². The normalized spacial score (nSPS) is 14.5. The van der Waals surface area contributed by atoms with Gasteiger partial charge in [0.05, 0.1) is 6.54 Å². The summed E-state index contributed by atoms with van der Waals surface area (Å²) in [4.78, 5) is 13.9. The third-order valence-corrected chi connectivity index (χ3v) is 3.68. The number of fused-ring (bicyclic) bond motifs is 1. The van der Waals surface area contributed by atoms with Gasteiger partial charge >= 0.3 is 6.09 Å². The third-order valence-electron chi connectivity index (χ3n) is 3.68. The van der Waals surface area contributed by atoms with Crippen LogP contribution >= 0.6 is 0 Å². The molecule has 1 aliphatic rings. The summed E-state index contributed by atoms with van der Waals surface area (Å²) < 4.78 is 7.51. The number of nitrogens with zero attached hydrogens (tertiary/aromatic N) is 4. The minimum atomic E-state index is -0.491. The van der Waals surface area contributed by atoms with E-state index in [9.17, 15) is 4.79 Å². The molecule has 122 valence electrons. The second kappa shape index (κ2) is 5.68. The molecular weight excluding hydrogens is 292 g/mol. The van der Waals surface area contributed by atoms with Gasteiger partial charge in [-0.3, -0.25) is 4.90 Å². The van der Waals surface area contributed by atoms with Gasteiger partial charge < -0.3 is 9.30 Å². The van der Waals surface area contributed by atoms with Gasteiger partial charge in [-0.15, -0.1) is 10.2 Å². The fourth-order valence-electron chi connectivity index (χ4n) is 2.64. The number of hydrogen-bond donors (Lipinski definition) is 0. The van der Waals surface area contributed by atoms with Gasteiger partial charge in [0, 0.05) is 18.7 Å². The Morgan fingerprint density at radius 2 is 2.00 bits per heavy atom. The Hall–Kier alpha value is -2.37. The van der Waals surface area contributed by atoms with Crippen LogP contribution in [0.1, 0.15) is 32.2 Å². The average Bonchev–Trinajstić information content (AvgIpc) is 2.88. The van der Waals surface area contributed by atoms with Crippen LogP contribution in [-0.4, -0.2) is 37.9 Å². The molecule has 0 unspecified atom stereocenters. The molecule has 6 nitrogen and oxygen atoms in total. The first-order valence-corrected chi connectivity index (χ1v) is 7.80. The summed E-state index contributed by atoms with van der Waals surface area (Å²) in [5.41, 5.74) is 1.75. The summed E-state index contributed by atoms with van der Waals surface area (Å²) in [6, 6.07) is 8.20. The minimum Gasteiger partial charge on any atom is -0.444 e. The second-order valence-electron chi connectivity index (χ2n) is 6.86. The van der Waals surface area contributed by atoms with Gasteiger partial charge in [0.1, 0.15) is 5.60 Å². The standard InChI is InChI=1S/C17H22N4O2/c1-12-6-5-7-13(10-12)15-19-18-14-11-20(8-9-21(14)15)16(22)23-17(2,3)4/h5-7,10H,8-9,11H2,1-4H3. The van der Waals surface area contributed by atoms with Gasteiger partial charge in [-0.1, -0.05) is 23.8 Å². The first-order valence-electron chi connectivity index (χ1n) is 7.80. The number of aryl methyl sites for hydroxylation is 1. The van der Waals surface area contributed by atoms with Crippen molar-refractivity contribution in [1.29, 1.82) is 0 Å². The highest BCUT2D eigenvalue weighted by Gasteiger charge is 2.28. The van der Waals surface area contributed by atoms with Crippen molar-refractivity contribution in [2.45, 2.75) is 46.4 Å². The zero-order valence-electron chi connectivity index (χ0n) is 14.0. The Labute approximate surface area is 136 Å². The molecule has 0 saturated heterocycles. The predicted octanol–water partition coefficient (Wildman–Crippen LogP) is 3.00. The van der Waals surface area contributed by atoms with Gasteiger partial charge in [0.25, 0.3) is 0 Å². The minimum absolute atomic E-state index is 0.302. The van der Waals surface area contributed by atoms with Crippen LogP contribution < -0.4 is 0 Å². The van der Waals surface area contributed by atoms with Crippen molar-refractivity contribution in [2.24, 2.45) is 0 Å². The molecule has 1 aromatic carbocycles. The molecule has 3 rings (SSSR count). The summed E-state index contributed by atoms with van der Waals surface area (Å²) in [6.07, 6.45) is -0.302. The maximum absolute atomic E-state index is 12.2. The van der Waals surface area contributed by atoms with E-state index in [1.165, 1.54) is 5.56 Å². The third kappa shape index (κ3) is 3.36. The number of carbonyl (C=O) groups is 1. The smallest absolute Gasteiger partial charge is 0.410 e. The Bertz CT molecular complexity index is 730. The van der Waals surface area contributed by atoms with Gasteiger partial charge in [0.15, 0.2) is 11.6 Å². The van der Waals surface area contributed by atoms with Crippen LogP contribution in [0.3, 0.4) is 0 Å². The molecule has 1 aromatic heterocycles. The van der Waals surface area contributed by atoms with Crippen LogP contribution in [0.4, 0.5) is 4.79 Å². The number of hydrogen-bond acceptors (Lipinski definition) is 4. The maximum atomic E-state index is 12.2. The van der Waals surface area contributed by atoms with E-state index in [-0.39, 0.29) is 6.09 Å². The molecule has 1 amide bonds. The van der Waals surface area contributed by atoms with Crippen LogP contribution in [0.5, 0.6) is 0 Å². The van der Waals surface area contributed by atoms with Crippen molar-refractivity contribution < 1.29 is 9.53 Å². The molecular formula is C17H22N4O2. The Morgan fingerprint density at radius 3 is 2.70 bits per heavy atom. The summed E-state index contributed by atoms with van der Waals surface area (Å²) in [5, 5.41) is 8.57. The lowest BCUT2D eigenvalue weighted by Gasteiger charge is -2.30. The van der Waals surface area contributed by atoms with E-state index in [1.54, 1.807) is 4.90 Å². The van der Waals surface area contributed by atoms with Gasteiger partial charge in [-0.05, 0) is 33.8 Å². The van der Waals surface area contributed by atoms with Crippen LogP contribution in [0.2, 0.25) is 0 Å². The lowest BCUT2D eigenvalue weighted by molar-refractivity contribution is 0.0196. The summed E-state index contributed by atoms with van der Waals surface area (Å²) >= 11 is 0. The number of benzene rings is 1. The topological polar surface area (TPSA) is 60.2 Å². The number of carbonyl (C=O) groups excluding carboxylic acids is 1. The molecule has 0 N–H and O–H groups in total. The molecule has 2 aromatic rings. The van der Waals surface area contributed by atoms with E-state index in [0.29, 0.717) is 19.6 Å². The molecule has 0 aliphatic carbocycles. The van der Waals surface area contributed by atoms with E-state index < -0.39 is 5.60 Å². The fourth-order valence-corrected chi connectivity index (χ4v) is 2.64. The largest absolute Gasteiger partial charge is 0.444 e. The number of rotatable bonds is 1. The highest BCUT2D eigenvalue weighted by molar-refractivity contribution is 5.68. The predicted molar refractivity (Wildman–Crippen MR) is 86.8 cm³/mol. The van der Waals surface area contributed by atoms with Gasteiger partial charge in [-0.25, -0.2) is 4.79 Å². The van der Waals surface area contributed by atoms with Crippen LogP contribution in [0, 0.1) is 6.92 Å². The number of amides is 1. The average molecular weight is 314 g/mol. The van der Waals surface area contributed by atoms with E-state index >= 15 is 0 Å². The SMILES string of the molecule is Cc1cccc(-c2nnc3n2CCN(C(=O)OC(C)(C)C)C3)c1. The molecule has 23 heavy (non-hydrogen) atoms. The van der Waals surface area contributed by atoms with Crippen molar-refractivity contribution in [2.75, 3.05) is 6.54 Å². The molecule has 0 fully saturated rings. The molecule has 0 saturated carbocycles. The summed E-state index contributed by atoms with van der Waals surface area (Å²) in [7, 11) is 0. The second-order valence-corrected chi connectivity index (χ2v) is 6.86.